The van der Waals surface area contributed by atoms with Gasteiger partial charge in [0.25, 0.3) is 0 Å². The largest absolute Gasteiger partial charge is 0.462 e. The third-order valence-electron chi connectivity index (χ3n) is 7.58. The molecule has 0 aromatic heterocycles. The van der Waals surface area contributed by atoms with E-state index in [1.807, 2.05) is 19.1 Å². The summed E-state index contributed by atoms with van der Waals surface area (Å²) in [6.45, 7) is 12.7. The number of hydrazine groups is 1. The Labute approximate surface area is 234 Å². The molecule has 2 atom stereocenters. The smallest absolute Gasteiger partial charge is 0.312 e. The second kappa shape index (κ2) is 17.2. The number of unbranched alkanes of at least 4 members (excludes halogenated alkanes) is 1. The number of nitrogens with one attached hydrogen (secondary N) is 2. The van der Waals surface area contributed by atoms with Crippen LogP contribution in [0.5, 0.6) is 0 Å². The first-order chi connectivity index (χ1) is 18.8. The van der Waals surface area contributed by atoms with Gasteiger partial charge in [-0.2, -0.15) is 5.10 Å². The maximum Gasteiger partial charge on any atom is 0.312 e. The van der Waals surface area contributed by atoms with Crippen molar-refractivity contribution in [3.63, 3.8) is 0 Å². The Morgan fingerprint density at radius 3 is 2.36 bits per heavy atom. The average Bonchev–Trinajstić information content (AvgIpc) is 3.24. The molecule has 8 nitrogen and oxygen atoms in total. The van der Waals surface area contributed by atoms with E-state index in [4.69, 9.17) is 4.74 Å². The van der Waals surface area contributed by atoms with Crippen molar-refractivity contribution in [2.45, 2.75) is 91.6 Å². The van der Waals surface area contributed by atoms with Gasteiger partial charge >= 0.3 is 5.97 Å². The van der Waals surface area contributed by atoms with Crippen molar-refractivity contribution in [2.24, 2.45) is 10.5 Å². The van der Waals surface area contributed by atoms with E-state index >= 15 is 0 Å². The molecule has 2 heterocycles. The lowest BCUT2D eigenvalue weighted by Crippen LogP contribution is -2.47. The summed E-state index contributed by atoms with van der Waals surface area (Å²) in [7, 11) is 1.73. The molecular formula is C30H50FN5O3. The lowest BCUT2D eigenvalue weighted by molar-refractivity contribution is -0.149. The Morgan fingerprint density at radius 2 is 1.79 bits per heavy atom. The van der Waals surface area contributed by atoms with Gasteiger partial charge in [0.2, 0.25) is 0 Å². The van der Waals surface area contributed by atoms with Crippen LogP contribution in [-0.2, 0) is 14.3 Å². The summed E-state index contributed by atoms with van der Waals surface area (Å²) in [6.07, 6.45) is 8.34. The summed E-state index contributed by atoms with van der Waals surface area (Å²) in [6, 6.07) is 6.76. The lowest BCUT2D eigenvalue weighted by Gasteiger charge is -2.36. The number of anilines is 1. The summed E-state index contributed by atoms with van der Waals surface area (Å²) in [5.74, 6) is 0.00372. The first-order valence-electron chi connectivity index (χ1n) is 14.7. The van der Waals surface area contributed by atoms with E-state index in [2.05, 4.69) is 39.7 Å². The Bertz CT molecular complexity index is 902. The predicted molar refractivity (Wildman–Crippen MR) is 156 cm³/mol. The number of piperazine rings is 1. The fraction of sp³-hybridized carbons (Fsp3) is 0.700. The third-order valence-corrected chi connectivity index (χ3v) is 7.58. The standard InChI is InChI=1S/C23H35FN2O2.C7H15N3O/c1-3-5-12-23(11-4-2)18-21(28-22(23)27)10-13-25-14-16-26(17-15-25)20-8-6-19(24)7-9-20;1-4-7(5-6(2)11)9-10-8-3/h6-9,21H,3-5,10-18H2,1-2H3;8,10H,4-5H2,1-3H3/b;9-7+. The number of hydrogen-bond donors (Lipinski definition) is 2. The molecule has 220 valence electrons. The maximum atomic E-state index is 13.1. The Kier molecular flexibility index (Phi) is 14.4. The second-order valence-corrected chi connectivity index (χ2v) is 10.7. The lowest BCUT2D eigenvalue weighted by atomic mass is 9.76. The monoisotopic (exact) mass is 547 g/mol. The van der Waals surface area contributed by atoms with Crippen LogP contribution in [0.15, 0.2) is 29.4 Å². The van der Waals surface area contributed by atoms with Gasteiger partial charge in [0, 0.05) is 64.0 Å². The summed E-state index contributed by atoms with van der Waals surface area (Å²) in [5.41, 5.74) is 6.98. The van der Waals surface area contributed by atoms with Crippen LogP contribution in [0.1, 0.15) is 85.5 Å². The van der Waals surface area contributed by atoms with Gasteiger partial charge in [-0.1, -0.05) is 40.0 Å². The molecule has 2 N–H and O–H groups in total. The Balaban J connectivity index is 0.000000411. The van der Waals surface area contributed by atoms with Crippen LogP contribution in [0.2, 0.25) is 0 Å². The minimum atomic E-state index is -0.225. The van der Waals surface area contributed by atoms with Crippen LogP contribution >= 0.6 is 0 Å². The van der Waals surface area contributed by atoms with Crippen LogP contribution in [0.3, 0.4) is 0 Å². The molecule has 0 radical (unpaired) electrons. The second-order valence-electron chi connectivity index (χ2n) is 10.7. The van der Waals surface area contributed by atoms with Crippen LogP contribution in [-0.4, -0.2) is 68.2 Å². The van der Waals surface area contributed by atoms with Gasteiger partial charge in [0.05, 0.1) is 5.41 Å². The highest BCUT2D eigenvalue weighted by Crippen LogP contribution is 2.43. The minimum absolute atomic E-state index is 0.0499. The van der Waals surface area contributed by atoms with Crippen molar-refractivity contribution in [3.05, 3.63) is 30.1 Å². The van der Waals surface area contributed by atoms with Crippen LogP contribution < -0.4 is 15.9 Å². The van der Waals surface area contributed by atoms with Gasteiger partial charge in [-0.3, -0.25) is 14.5 Å². The van der Waals surface area contributed by atoms with Gasteiger partial charge in [0.1, 0.15) is 17.7 Å². The van der Waals surface area contributed by atoms with Gasteiger partial charge in [-0.25, -0.2) is 15.4 Å². The van der Waals surface area contributed by atoms with E-state index in [0.717, 1.165) is 95.5 Å². The number of Topliss-reactive ketones (excluding diaryl/α,β-unsaturated/α-hetero) is 1. The van der Waals surface area contributed by atoms with Gasteiger partial charge in [-0.15, -0.1) is 0 Å². The highest BCUT2D eigenvalue weighted by atomic mass is 19.1. The van der Waals surface area contributed by atoms with Gasteiger partial charge < -0.3 is 9.64 Å². The number of hydrogen-bond acceptors (Lipinski definition) is 8. The number of esters is 1. The van der Waals surface area contributed by atoms with Crippen molar-refractivity contribution in [3.8, 4) is 0 Å². The summed E-state index contributed by atoms with van der Waals surface area (Å²) in [4.78, 5) is 28.0. The normalized spacial score (nSPS) is 21.8. The molecule has 0 spiro atoms. The fourth-order valence-corrected chi connectivity index (χ4v) is 5.40. The van der Waals surface area contributed by atoms with Crippen molar-refractivity contribution in [2.75, 3.05) is 44.7 Å². The molecule has 39 heavy (non-hydrogen) atoms. The van der Waals surface area contributed by atoms with Crippen LogP contribution in [0.25, 0.3) is 0 Å². The van der Waals surface area contributed by atoms with E-state index in [1.165, 1.54) is 12.1 Å². The molecule has 2 fully saturated rings. The zero-order valence-corrected chi connectivity index (χ0v) is 24.7. The SMILES string of the molecule is CC/C(CC(C)=O)=N\NNC.CCCCC1(CCC)CC(CCN2CCN(c3ccc(F)cc3)CC2)OC1=O. The number of cyclic esters (lactones) is 1. The van der Waals surface area contributed by atoms with Crippen molar-refractivity contribution >= 4 is 23.2 Å². The molecule has 0 saturated carbocycles. The zero-order chi connectivity index (χ0) is 28.7. The molecule has 0 amide bonds. The molecular weight excluding hydrogens is 497 g/mol. The fourth-order valence-electron chi connectivity index (χ4n) is 5.40. The predicted octanol–water partition coefficient (Wildman–Crippen LogP) is 5.09. The number of rotatable bonds is 14. The van der Waals surface area contributed by atoms with E-state index in [9.17, 15) is 14.0 Å². The Morgan fingerprint density at radius 1 is 1.10 bits per heavy atom. The molecule has 3 rings (SSSR count). The first-order valence-corrected chi connectivity index (χ1v) is 14.7. The third kappa shape index (κ3) is 10.9. The molecule has 0 bridgehead atoms. The Hall–Kier alpha value is -2.52. The van der Waals surface area contributed by atoms with Crippen molar-refractivity contribution in [1.29, 1.82) is 0 Å². The quantitative estimate of drug-likeness (QED) is 0.191. The highest BCUT2D eigenvalue weighted by molar-refractivity contribution is 6.00. The van der Waals surface area contributed by atoms with E-state index in [0.29, 0.717) is 6.42 Å². The molecule has 0 aliphatic carbocycles. The van der Waals surface area contributed by atoms with E-state index in [-0.39, 0.29) is 29.1 Å². The molecule has 9 heteroatoms. The zero-order valence-electron chi connectivity index (χ0n) is 24.7. The molecule has 1 aromatic rings. The van der Waals surface area contributed by atoms with E-state index in [1.54, 1.807) is 14.0 Å². The molecule has 1 aromatic carbocycles. The summed E-state index contributed by atoms with van der Waals surface area (Å²) in [5, 5.41) is 3.94. The van der Waals surface area contributed by atoms with Crippen LogP contribution in [0.4, 0.5) is 10.1 Å². The summed E-state index contributed by atoms with van der Waals surface area (Å²) >= 11 is 0. The first kappa shape index (κ1) is 32.7. The number of ketones is 1. The number of nitrogens with zero attached hydrogens (tertiary/aromatic N) is 3. The van der Waals surface area contributed by atoms with Crippen molar-refractivity contribution in [1.82, 2.24) is 15.9 Å². The number of carbonyl (C=O) groups excluding carboxylic acids is 2. The highest BCUT2D eigenvalue weighted by Gasteiger charge is 2.47. The molecule has 2 saturated heterocycles. The number of benzene rings is 1. The number of halogens is 1. The number of hydrazone groups is 1. The molecule has 2 unspecified atom stereocenters. The molecule has 2 aliphatic rings. The average molecular weight is 548 g/mol. The van der Waals surface area contributed by atoms with Crippen molar-refractivity contribution < 1.29 is 18.7 Å². The summed E-state index contributed by atoms with van der Waals surface area (Å²) < 4.78 is 18.9. The number of ether oxygens (including phenoxy) is 1. The minimum Gasteiger partial charge on any atom is -0.462 e. The van der Waals surface area contributed by atoms with Gasteiger partial charge in [0.15, 0.2) is 0 Å². The van der Waals surface area contributed by atoms with E-state index < -0.39 is 0 Å². The van der Waals surface area contributed by atoms with Gasteiger partial charge in [-0.05, 0) is 56.9 Å². The van der Waals surface area contributed by atoms with Crippen LogP contribution in [0, 0.1) is 11.2 Å². The topological polar surface area (TPSA) is 86.3 Å². The maximum absolute atomic E-state index is 13.1. The molecule has 2 aliphatic heterocycles. The number of carbonyl (C=O) groups is 2.